The summed E-state index contributed by atoms with van der Waals surface area (Å²) < 4.78 is 37.4. The zero-order chi connectivity index (χ0) is 43.5. The lowest BCUT2D eigenvalue weighted by Crippen LogP contribution is -2.52. The fraction of sp³-hybridized carbons (Fsp3) is 0.419. The fourth-order valence-corrected chi connectivity index (χ4v) is 8.51. The number of halogens is 2. The van der Waals surface area contributed by atoms with E-state index in [1.807, 2.05) is 23.6 Å². The molecule has 0 bridgehead atoms. The molecule has 1 aliphatic carbocycles. The van der Waals surface area contributed by atoms with Gasteiger partial charge in [0.1, 0.15) is 18.5 Å². The normalized spacial score (nSPS) is 19.8. The van der Waals surface area contributed by atoms with E-state index in [0.717, 1.165) is 5.69 Å². The number of thiazole rings is 1. The Balaban J connectivity index is 0.806. The predicted molar refractivity (Wildman–Crippen MR) is 227 cm³/mol. The number of fused-ring (bicyclic) bond motifs is 1. The third kappa shape index (κ3) is 11.3. The molecule has 1 saturated heterocycles. The average Bonchev–Trinajstić information content (AvgIpc) is 3.90. The second-order valence-corrected chi connectivity index (χ2v) is 16.4. The molecule has 7 rings (SSSR count). The van der Waals surface area contributed by atoms with Gasteiger partial charge in [-0.25, -0.2) is 14.4 Å². The summed E-state index contributed by atoms with van der Waals surface area (Å²) in [5.41, 5.74) is 1.41. The zero-order valence-corrected chi connectivity index (χ0v) is 35.4. The van der Waals surface area contributed by atoms with Gasteiger partial charge in [-0.3, -0.25) is 29.3 Å². The van der Waals surface area contributed by atoms with Gasteiger partial charge in [-0.15, -0.1) is 11.3 Å². The summed E-state index contributed by atoms with van der Waals surface area (Å²) in [7, 11) is 0. The molecule has 2 aromatic heterocycles. The van der Waals surface area contributed by atoms with E-state index < -0.39 is 29.1 Å². The predicted octanol–water partition coefficient (Wildman–Crippen LogP) is 5.19. The number of piperidine rings is 1. The van der Waals surface area contributed by atoms with Crippen molar-refractivity contribution in [1.29, 1.82) is 0 Å². The first-order valence-corrected chi connectivity index (χ1v) is 21.7. The molecule has 2 aliphatic heterocycles. The van der Waals surface area contributed by atoms with Crippen LogP contribution in [0.15, 0.2) is 66.2 Å². The molecule has 2 aromatic carbocycles. The van der Waals surface area contributed by atoms with Crippen LogP contribution in [0.3, 0.4) is 0 Å². The SMILES string of the molecule is O=C1CCC(N2Cc3c(NC(=O)COCCOCCOCCNC(=O)C4(Cc5cccc(Nc6nccs6)n5)CCC(Oc5cccc(Cl)c5F)CC4)cccc3C2=O)C(=O)N1. The Labute approximate surface area is 366 Å². The summed E-state index contributed by atoms with van der Waals surface area (Å²) in [6.45, 7) is 1.34. The first-order valence-electron chi connectivity index (χ1n) is 20.4. The quantitative estimate of drug-likeness (QED) is 0.0670. The average molecular weight is 892 g/mol. The summed E-state index contributed by atoms with van der Waals surface area (Å²) in [5, 5.41) is 13.9. The van der Waals surface area contributed by atoms with Crippen molar-refractivity contribution < 1.29 is 47.3 Å². The number of rotatable bonds is 20. The molecule has 4 aromatic rings. The summed E-state index contributed by atoms with van der Waals surface area (Å²) in [4.78, 5) is 74.1. The van der Waals surface area contributed by atoms with E-state index in [4.69, 9.17) is 35.5 Å². The number of nitrogens with one attached hydrogen (secondary N) is 4. The van der Waals surface area contributed by atoms with Crippen LogP contribution in [0.5, 0.6) is 5.75 Å². The standard InChI is InChI=1S/C43H47ClFN7O9S/c44-31-6-3-8-34(38(31)45)61-28-12-14-43(15-13-28,24-27-4-1-9-35(48-27)50-42-47-17-23-62-42)41(57)46-16-18-58-19-20-59-21-22-60-26-37(54)49-32-7-2-5-29-30(32)25-52(40(29)56)33-10-11-36(53)51-39(33)55/h1-9,17,23,28,33H,10-16,18-22,24-26H2,(H,46,57)(H,49,54)(H,47,48,50)(H,51,53,55). The lowest BCUT2D eigenvalue weighted by atomic mass is 9.69. The van der Waals surface area contributed by atoms with Gasteiger partial charge in [0.25, 0.3) is 5.91 Å². The van der Waals surface area contributed by atoms with Gasteiger partial charge in [-0.05, 0) is 68.5 Å². The lowest BCUT2D eigenvalue weighted by Gasteiger charge is -2.39. The van der Waals surface area contributed by atoms with Crippen molar-refractivity contribution >= 4 is 69.1 Å². The van der Waals surface area contributed by atoms with E-state index in [9.17, 15) is 28.4 Å². The van der Waals surface area contributed by atoms with Gasteiger partial charge in [0.05, 0.1) is 49.6 Å². The minimum Gasteiger partial charge on any atom is -0.487 e. The molecule has 3 aliphatic rings. The maximum atomic E-state index is 14.6. The summed E-state index contributed by atoms with van der Waals surface area (Å²) in [5.74, 6) is -1.62. The van der Waals surface area contributed by atoms with Crippen LogP contribution < -0.4 is 26.0 Å². The molecule has 1 atom stereocenters. The van der Waals surface area contributed by atoms with Crippen LogP contribution in [-0.4, -0.2) is 103 Å². The van der Waals surface area contributed by atoms with E-state index in [2.05, 4.69) is 26.3 Å². The van der Waals surface area contributed by atoms with Crippen LogP contribution in [0, 0.1) is 11.2 Å². The summed E-state index contributed by atoms with van der Waals surface area (Å²) in [6.07, 6.45) is 4.26. The highest BCUT2D eigenvalue weighted by molar-refractivity contribution is 7.13. The number of nitrogens with zero attached hydrogens (tertiary/aromatic N) is 3. The highest BCUT2D eigenvalue weighted by atomic mass is 35.5. The minimum atomic E-state index is -0.779. The number of hydrogen-bond acceptors (Lipinski definition) is 13. The molecule has 5 amide bonds. The van der Waals surface area contributed by atoms with Crippen molar-refractivity contribution in [2.24, 2.45) is 5.41 Å². The number of ether oxygens (including phenoxy) is 4. The van der Waals surface area contributed by atoms with E-state index in [1.165, 1.54) is 22.3 Å². The van der Waals surface area contributed by atoms with Crippen LogP contribution in [0.4, 0.5) is 21.0 Å². The van der Waals surface area contributed by atoms with Crippen molar-refractivity contribution in [3.63, 3.8) is 0 Å². The molecular weight excluding hydrogens is 845 g/mol. The number of amides is 5. The van der Waals surface area contributed by atoms with Crippen LogP contribution in [0.2, 0.25) is 5.02 Å². The smallest absolute Gasteiger partial charge is 0.255 e. The van der Waals surface area contributed by atoms with Gasteiger partial charge >= 0.3 is 0 Å². The highest BCUT2D eigenvalue weighted by Crippen LogP contribution is 2.41. The molecule has 1 saturated carbocycles. The fourth-order valence-electron chi connectivity index (χ4n) is 7.81. The molecular formula is C43H47ClFN7O9S. The Hall–Kier alpha value is -5.53. The minimum absolute atomic E-state index is 0.0113. The van der Waals surface area contributed by atoms with Crippen LogP contribution in [-0.2, 0) is 46.4 Å². The van der Waals surface area contributed by atoms with Crippen LogP contribution in [0.1, 0.15) is 60.1 Å². The van der Waals surface area contributed by atoms with E-state index in [1.54, 1.807) is 36.5 Å². The Morgan fingerprint density at radius 1 is 0.952 bits per heavy atom. The second-order valence-electron chi connectivity index (χ2n) is 15.1. The summed E-state index contributed by atoms with van der Waals surface area (Å²) >= 11 is 7.43. The number of hydrogen-bond donors (Lipinski definition) is 4. The summed E-state index contributed by atoms with van der Waals surface area (Å²) in [6, 6.07) is 14.5. The molecule has 16 nitrogen and oxygen atoms in total. The first kappa shape index (κ1) is 44.5. The largest absolute Gasteiger partial charge is 0.487 e. The third-order valence-corrected chi connectivity index (χ3v) is 11.9. The van der Waals surface area contributed by atoms with Crippen molar-refractivity contribution in [3.8, 4) is 5.75 Å². The van der Waals surface area contributed by atoms with E-state index in [0.29, 0.717) is 59.9 Å². The number of imide groups is 1. The number of aromatic nitrogens is 2. The Bertz CT molecular complexity index is 2240. The zero-order valence-electron chi connectivity index (χ0n) is 33.8. The van der Waals surface area contributed by atoms with E-state index in [-0.39, 0.29) is 100 Å². The van der Waals surface area contributed by atoms with Crippen molar-refractivity contribution in [2.75, 3.05) is 56.8 Å². The van der Waals surface area contributed by atoms with Gasteiger partial charge in [0, 0.05) is 60.0 Å². The van der Waals surface area contributed by atoms with Gasteiger partial charge in [0.15, 0.2) is 16.7 Å². The maximum absolute atomic E-state index is 14.6. The molecule has 2 fully saturated rings. The number of benzene rings is 2. The lowest BCUT2D eigenvalue weighted by molar-refractivity contribution is -0.137. The van der Waals surface area contributed by atoms with Crippen molar-refractivity contribution in [1.82, 2.24) is 25.5 Å². The van der Waals surface area contributed by atoms with Gasteiger partial charge in [-0.2, -0.15) is 0 Å². The number of carbonyl (C=O) groups excluding carboxylic acids is 5. The topological polar surface area (TPSA) is 199 Å². The van der Waals surface area contributed by atoms with Crippen molar-refractivity contribution in [3.05, 3.63) is 93.8 Å². The maximum Gasteiger partial charge on any atom is 0.255 e. The molecule has 1 unspecified atom stereocenters. The Morgan fingerprint density at radius 3 is 2.48 bits per heavy atom. The first-order chi connectivity index (χ1) is 30.1. The van der Waals surface area contributed by atoms with Gasteiger partial charge in [0.2, 0.25) is 23.6 Å². The molecule has 328 valence electrons. The van der Waals surface area contributed by atoms with Crippen LogP contribution in [0.25, 0.3) is 0 Å². The molecule has 4 N–H and O–H groups in total. The number of anilines is 3. The molecule has 4 heterocycles. The van der Waals surface area contributed by atoms with Gasteiger partial charge < -0.3 is 39.8 Å². The molecule has 0 radical (unpaired) electrons. The Kier molecular flexibility index (Phi) is 15.1. The second kappa shape index (κ2) is 21.0. The van der Waals surface area contributed by atoms with Gasteiger partial charge in [-0.1, -0.05) is 29.8 Å². The highest BCUT2D eigenvalue weighted by Gasteiger charge is 2.43. The third-order valence-electron chi connectivity index (χ3n) is 10.9. The molecule has 62 heavy (non-hydrogen) atoms. The number of pyridine rings is 1. The van der Waals surface area contributed by atoms with Crippen molar-refractivity contribution in [2.45, 2.75) is 63.6 Å². The Morgan fingerprint density at radius 2 is 1.71 bits per heavy atom. The molecule has 19 heteroatoms. The monoisotopic (exact) mass is 891 g/mol. The molecule has 0 spiro atoms. The van der Waals surface area contributed by atoms with Crippen LogP contribution >= 0.6 is 22.9 Å². The number of carbonyl (C=O) groups is 5. The van der Waals surface area contributed by atoms with E-state index >= 15 is 0 Å².